The zero-order chi connectivity index (χ0) is 12.8. The van der Waals surface area contributed by atoms with Crippen LogP contribution in [0, 0.1) is 0 Å². The third-order valence-corrected chi connectivity index (χ3v) is 2.46. The summed E-state index contributed by atoms with van der Waals surface area (Å²) in [5, 5.41) is 0. The highest BCUT2D eigenvalue weighted by atomic mass is 16.6. The summed E-state index contributed by atoms with van der Waals surface area (Å²) in [4.78, 5) is 11.2. The summed E-state index contributed by atoms with van der Waals surface area (Å²) in [6.45, 7) is -0.0412. The lowest BCUT2D eigenvalue weighted by Gasteiger charge is -2.05. The second-order valence-electron chi connectivity index (χ2n) is 3.80. The van der Waals surface area contributed by atoms with Gasteiger partial charge in [0.2, 0.25) is 0 Å². The van der Waals surface area contributed by atoms with Crippen LogP contribution in [-0.2, 0) is 9.53 Å². The van der Waals surface area contributed by atoms with Gasteiger partial charge in [0.1, 0.15) is 12.4 Å². The maximum atomic E-state index is 11.2. The molecule has 92 valence electrons. The van der Waals surface area contributed by atoms with Gasteiger partial charge in [-0.2, -0.15) is 0 Å². The van der Waals surface area contributed by atoms with Crippen molar-refractivity contribution in [2.75, 3.05) is 13.7 Å². The van der Waals surface area contributed by atoms with E-state index >= 15 is 0 Å². The standard InChI is InChI=1S/C15H14O3/c1-17-11-15(16)18-14-9-7-13(8-10-14)12-5-3-2-4-6-12/h2-10H,11H2,1H3. The van der Waals surface area contributed by atoms with Crippen LogP contribution in [0.25, 0.3) is 11.1 Å². The number of hydrogen-bond donors (Lipinski definition) is 0. The van der Waals surface area contributed by atoms with E-state index in [0.29, 0.717) is 5.75 Å². The first-order chi connectivity index (χ1) is 8.79. The molecule has 0 spiro atoms. The van der Waals surface area contributed by atoms with E-state index in [2.05, 4.69) is 0 Å². The zero-order valence-electron chi connectivity index (χ0n) is 10.1. The summed E-state index contributed by atoms with van der Waals surface area (Å²) in [7, 11) is 1.46. The third-order valence-electron chi connectivity index (χ3n) is 2.46. The van der Waals surface area contributed by atoms with Gasteiger partial charge in [-0.25, -0.2) is 4.79 Å². The second kappa shape index (κ2) is 5.98. The summed E-state index contributed by atoms with van der Waals surface area (Å²) in [5.74, 6) is 0.127. The van der Waals surface area contributed by atoms with Crippen LogP contribution in [0.2, 0.25) is 0 Å². The van der Waals surface area contributed by atoms with Gasteiger partial charge in [0, 0.05) is 7.11 Å². The summed E-state index contributed by atoms with van der Waals surface area (Å²) < 4.78 is 9.78. The van der Waals surface area contributed by atoms with Gasteiger partial charge in [-0.3, -0.25) is 0 Å². The molecular formula is C15H14O3. The van der Waals surface area contributed by atoms with Gasteiger partial charge >= 0.3 is 5.97 Å². The van der Waals surface area contributed by atoms with Gasteiger partial charge < -0.3 is 9.47 Å². The molecule has 18 heavy (non-hydrogen) atoms. The van der Waals surface area contributed by atoms with Gasteiger partial charge in [-0.1, -0.05) is 42.5 Å². The van der Waals surface area contributed by atoms with Crippen LogP contribution in [-0.4, -0.2) is 19.7 Å². The molecular weight excluding hydrogens is 228 g/mol. The molecule has 0 aliphatic rings. The van der Waals surface area contributed by atoms with Crippen molar-refractivity contribution in [3.8, 4) is 16.9 Å². The molecule has 0 aromatic heterocycles. The minimum absolute atomic E-state index is 0.0412. The number of carbonyl (C=O) groups is 1. The molecule has 0 N–H and O–H groups in total. The van der Waals surface area contributed by atoms with Crippen LogP contribution < -0.4 is 4.74 Å². The van der Waals surface area contributed by atoms with E-state index in [9.17, 15) is 4.79 Å². The smallest absolute Gasteiger partial charge is 0.337 e. The average molecular weight is 242 g/mol. The van der Waals surface area contributed by atoms with E-state index in [1.54, 1.807) is 12.1 Å². The Bertz CT molecular complexity index is 503. The molecule has 2 aromatic rings. The monoisotopic (exact) mass is 242 g/mol. The zero-order valence-corrected chi connectivity index (χ0v) is 10.1. The van der Waals surface area contributed by atoms with E-state index in [-0.39, 0.29) is 6.61 Å². The molecule has 3 heteroatoms. The largest absolute Gasteiger partial charge is 0.425 e. The molecule has 0 heterocycles. The number of methoxy groups -OCH3 is 1. The molecule has 0 unspecified atom stereocenters. The Morgan fingerprint density at radius 3 is 2.17 bits per heavy atom. The number of benzene rings is 2. The Kier molecular flexibility index (Phi) is 4.10. The molecule has 0 fully saturated rings. The van der Waals surface area contributed by atoms with Crippen LogP contribution in [0.15, 0.2) is 54.6 Å². The molecule has 3 nitrogen and oxygen atoms in total. The summed E-state index contributed by atoms with van der Waals surface area (Å²) in [6.07, 6.45) is 0. The maximum absolute atomic E-state index is 11.2. The molecule has 0 saturated carbocycles. The van der Waals surface area contributed by atoms with Crippen LogP contribution in [0.3, 0.4) is 0 Å². The fraction of sp³-hybridized carbons (Fsp3) is 0.133. The number of rotatable bonds is 4. The average Bonchev–Trinajstić information content (AvgIpc) is 2.41. The van der Waals surface area contributed by atoms with Crippen molar-refractivity contribution < 1.29 is 14.3 Å². The first kappa shape index (κ1) is 12.3. The highest BCUT2D eigenvalue weighted by Gasteiger charge is 2.04. The van der Waals surface area contributed by atoms with E-state index in [1.807, 2.05) is 42.5 Å². The molecule has 0 bridgehead atoms. The van der Waals surface area contributed by atoms with Crippen molar-refractivity contribution in [1.29, 1.82) is 0 Å². The highest BCUT2D eigenvalue weighted by Crippen LogP contribution is 2.21. The van der Waals surface area contributed by atoms with Gasteiger partial charge in [-0.05, 0) is 23.3 Å². The first-order valence-corrected chi connectivity index (χ1v) is 5.64. The lowest BCUT2D eigenvalue weighted by molar-refractivity contribution is -0.138. The molecule has 0 saturated heterocycles. The minimum Gasteiger partial charge on any atom is -0.425 e. The van der Waals surface area contributed by atoms with Gasteiger partial charge in [-0.15, -0.1) is 0 Å². The Hall–Kier alpha value is -2.13. The van der Waals surface area contributed by atoms with E-state index in [4.69, 9.17) is 9.47 Å². The highest BCUT2D eigenvalue weighted by molar-refractivity contribution is 5.74. The predicted molar refractivity (Wildman–Crippen MR) is 69.4 cm³/mol. The van der Waals surface area contributed by atoms with Crippen molar-refractivity contribution in [2.45, 2.75) is 0 Å². The van der Waals surface area contributed by atoms with Crippen LogP contribution >= 0.6 is 0 Å². The van der Waals surface area contributed by atoms with E-state index < -0.39 is 5.97 Å². The lowest BCUT2D eigenvalue weighted by atomic mass is 10.1. The predicted octanol–water partition coefficient (Wildman–Crippen LogP) is 2.91. The molecule has 0 radical (unpaired) electrons. The van der Waals surface area contributed by atoms with Crippen LogP contribution in [0.5, 0.6) is 5.75 Å². The number of ether oxygens (including phenoxy) is 2. The molecule has 0 amide bonds. The summed E-state index contributed by atoms with van der Waals surface area (Å²) in [6, 6.07) is 17.4. The van der Waals surface area contributed by atoms with Gasteiger partial charge in [0.25, 0.3) is 0 Å². The second-order valence-corrected chi connectivity index (χ2v) is 3.80. The fourth-order valence-electron chi connectivity index (χ4n) is 1.62. The van der Waals surface area contributed by atoms with Crippen molar-refractivity contribution >= 4 is 5.97 Å². The summed E-state index contributed by atoms with van der Waals surface area (Å²) in [5.41, 5.74) is 2.22. The van der Waals surface area contributed by atoms with Crippen molar-refractivity contribution in [3.63, 3.8) is 0 Å². The van der Waals surface area contributed by atoms with Crippen molar-refractivity contribution in [2.24, 2.45) is 0 Å². The Labute approximate surface area is 106 Å². The Morgan fingerprint density at radius 1 is 0.944 bits per heavy atom. The topological polar surface area (TPSA) is 35.5 Å². The third kappa shape index (κ3) is 3.18. The minimum atomic E-state index is -0.398. The molecule has 0 atom stereocenters. The van der Waals surface area contributed by atoms with E-state index in [0.717, 1.165) is 11.1 Å². The van der Waals surface area contributed by atoms with Crippen molar-refractivity contribution in [3.05, 3.63) is 54.6 Å². The van der Waals surface area contributed by atoms with Gasteiger partial charge in [0.15, 0.2) is 0 Å². The number of carbonyl (C=O) groups excluding carboxylic acids is 1. The first-order valence-electron chi connectivity index (χ1n) is 5.64. The van der Waals surface area contributed by atoms with E-state index in [1.165, 1.54) is 7.11 Å². The number of esters is 1. The van der Waals surface area contributed by atoms with Crippen molar-refractivity contribution in [1.82, 2.24) is 0 Å². The maximum Gasteiger partial charge on any atom is 0.337 e. The Morgan fingerprint density at radius 2 is 1.56 bits per heavy atom. The van der Waals surface area contributed by atoms with Gasteiger partial charge in [0.05, 0.1) is 0 Å². The molecule has 2 aromatic carbocycles. The number of hydrogen-bond acceptors (Lipinski definition) is 3. The molecule has 0 aliphatic carbocycles. The quantitative estimate of drug-likeness (QED) is 0.611. The van der Waals surface area contributed by atoms with Crippen LogP contribution in [0.4, 0.5) is 0 Å². The Balaban J connectivity index is 2.09. The SMILES string of the molecule is COCC(=O)Oc1ccc(-c2ccccc2)cc1. The molecule has 2 rings (SSSR count). The summed E-state index contributed by atoms with van der Waals surface area (Å²) >= 11 is 0. The lowest BCUT2D eigenvalue weighted by Crippen LogP contribution is -2.13. The normalized spacial score (nSPS) is 10.1. The van der Waals surface area contributed by atoms with Crippen LogP contribution in [0.1, 0.15) is 0 Å². The molecule has 0 aliphatic heterocycles. The fourth-order valence-corrected chi connectivity index (χ4v) is 1.62.